The Morgan fingerprint density at radius 2 is 1.74 bits per heavy atom. The molecular weight excluding hydrogens is 545 g/mol. The van der Waals surface area contributed by atoms with Crippen molar-refractivity contribution in [1.82, 2.24) is 19.5 Å². The van der Waals surface area contributed by atoms with Crippen LogP contribution in [0.5, 0.6) is 0 Å². The number of phosphoric acid groups is 3. The maximum atomic E-state index is 12.3. The van der Waals surface area contributed by atoms with Crippen LogP contribution in [0.2, 0.25) is 0 Å². The summed E-state index contributed by atoms with van der Waals surface area (Å²) in [5.74, 6) is 0. The van der Waals surface area contributed by atoms with E-state index in [0.717, 1.165) is 10.9 Å². The van der Waals surface area contributed by atoms with E-state index in [4.69, 9.17) is 19.0 Å². The lowest BCUT2D eigenvalue weighted by Crippen LogP contribution is -2.39. The summed E-state index contributed by atoms with van der Waals surface area (Å²) in [4.78, 5) is 68.0. The Hall–Kier alpha value is -1.56. The van der Waals surface area contributed by atoms with Gasteiger partial charge in [0, 0.05) is 0 Å². The predicted octanol–water partition coefficient (Wildman–Crippen LogP) is -1.46. The minimum atomic E-state index is -5.79. The highest BCUT2D eigenvalue weighted by atomic mass is 31.3. The maximum Gasteiger partial charge on any atom is 0.490 e. The highest BCUT2D eigenvalue weighted by Gasteiger charge is 2.50. The molecule has 7 atom stereocenters. The molecule has 19 nitrogen and oxygen atoms in total. The molecule has 0 bridgehead atoms. The number of hydrogen-bond donors (Lipinski definition) is 8. The van der Waals surface area contributed by atoms with Gasteiger partial charge in [-0.05, 0) is 6.42 Å². The summed E-state index contributed by atoms with van der Waals surface area (Å²) >= 11 is 0. The highest BCUT2D eigenvalue weighted by molar-refractivity contribution is 7.66. The van der Waals surface area contributed by atoms with Crippen molar-refractivity contribution in [2.24, 2.45) is 0 Å². The van der Waals surface area contributed by atoms with Crippen molar-refractivity contribution < 1.29 is 61.4 Å². The summed E-state index contributed by atoms with van der Waals surface area (Å²) in [5.41, 5.74) is -2.14. The first-order valence-corrected chi connectivity index (χ1v) is 14.1. The van der Waals surface area contributed by atoms with Gasteiger partial charge in [-0.15, -0.1) is 0 Å². The molecule has 8 N–H and O–H groups in total. The molecule has 2 aromatic rings. The van der Waals surface area contributed by atoms with Gasteiger partial charge in [-0.2, -0.15) is 8.62 Å². The van der Waals surface area contributed by atoms with Gasteiger partial charge in [0.15, 0.2) is 11.7 Å². The first-order chi connectivity index (χ1) is 16.0. The number of aliphatic hydroxyl groups excluding tert-OH is 2. The fraction of sp³-hybridized carbons (Fsp3) is 0.615. The van der Waals surface area contributed by atoms with E-state index >= 15 is 0 Å². The maximum absolute atomic E-state index is 12.3. The SMILES string of the molecule is CCCC(OP(=O)(O)OP(=O)(O)OP(=O)(O)O)[C@H]1O[C@@H](n2cnc3c(=O)[nH]c(=O)[nH]c32)[C@H](O)[C@@H]1O. The number of rotatable bonds is 10. The molecule has 2 aromatic heterocycles. The number of H-pyrrole nitrogens is 2. The second kappa shape index (κ2) is 10.1. The van der Waals surface area contributed by atoms with Gasteiger partial charge in [0.05, 0.1) is 12.4 Å². The zero-order chi connectivity index (χ0) is 26.3. The Balaban J connectivity index is 1.86. The molecule has 3 heterocycles. The van der Waals surface area contributed by atoms with Gasteiger partial charge >= 0.3 is 29.2 Å². The van der Waals surface area contributed by atoms with Crippen molar-refractivity contribution >= 4 is 34.6 Å². The van der Waals surface area contributed by atoms with E-state index in [0.29, 0.717) is 0 Å². The summed E-state index contributed by atoms with van der Waals surface area (Å²) in [6, 6.07) is 0. The number of fused-ring (bicyclic) bond motifs is 1. The molecule has 0 radical (unpaired) electrons. The van der Waals surface area contributed by atoms with E-state index in [1.165, 1.54) is 0 Å². The molecule has 0 amide bonds. The van der Waals surface area contributed by atoms with Gasteiger partial charge in [0.25, 0.3) is 5.56 Å². The quantitative estimate of drug-likeness (QED) is 0.152. The molecule has 1 fully saturated rings. The number of aromatic amines is 2. The topological polar surface area (TPSA) is 293 Å². The number of imidazole rings is 1. The van der Waals surface area contributed by atoms with E-state index in [9.17, 15) is 43.3 Å². The number of aromatic nitrogens is 4. The molecule has 0 spiro atoms. The van der Waals surface area contributed by atoms with Crippen molar-refractivity contribution in [3.63, 3.8) is 0 Å². The van der Waals surface area contributed by atoms with Crippen LogP contribution in [0.15, 0.2) is 15.9 Å². The molecule has 0 saturated carbocycles. The second-order valence-electron chi connectivity index (χ2n) is 7.25. The van der Waals surface area contributed by atoms with Gasteiger partial charge in [-0.1, -0.05) is 13.3 Å². The van der Waals surface area contributed by atoms with Crippen LogP contribution >= 0.6 is 23.5 Å². The normalized spacial score (nSPS) is 27.5. The zero-order valence-electron chi connectivity index (χ0n) is 17.5. The van der Waals surface area contributed by atoms with Gasteiger partial charge < -0.3 is 34.5 Å². The number of nitrogens with one attached hydrogen (secondary N) is 2. The van der Waals surface area contributed by atoms with E-state index < -0.39 is 65.4 Å². The van der Waals surface area contributed by atoms with Crippen LogP contribution in [0.25, 0.3) is 11.2 Å². The standard InChI is InChI=1S/C13H21N4O15P3/c1-2-3-5(30-34(25,26)32-35(27,28)31-33(22,23)24)9-7(18)8(19)12(29-9)17-4-14-6-10(17)15-13(21)16-11(6)20/h4-5,7-9,12,18-19H,2-3H2,1H3,(H,25,26)(H,27,28)(H2,22,23,24)(H2,15,16,20,21)/t5?,7-,8+,9+,12+/m0/s1. The molecule has 35 heavy (non-hydrogen) atoms. The van der Waals surface area contributed by atoms with Crippen molar-refractivity contribution in [3.05, 3.63) is 27.2 Å². The molecular formula is C13H21N4O15P3. The Labute approximate surface area is 193 Å². The Kier molecular flexibility index (Phi) is 8.06. The zero-order valence-corrected chi connectivity index (χ0v) is 20.2. The van der Waals surface area contributed by atoms with Crippen molar-refractivity contribution in [3.8, 4) is 0 Å². The molecule has 1 aliphatic heterocycles. The fourth-order valence-electron chi connectivity index (χ4n) is 3.40. The molecule has 0 aromatic carbocycles. The molecule has 3 unspecified atom stereocenters. The minimum Gasteiger partial charge on any atom is -0.387 e. The van der Waals surface area contributed by atoms with Crippen LogP contribution < -0.4 is 11.2 Å². The van der Waals surface area contributed by atoms with Crippen LogP contribution in [0.4, 0.5) is 0 Å². The smallest absolute Gasteiger partial charge is 0.387 e. The van der Waals surface area contributed by atoms with Crippen molar-refractivity contribution in [2.75, 3.05) is 0 Å². The summed E-state index contributed by atoms with van der Waals surface area (Å²) < 4.78 is 53.4. The average molecular weight is 566 g/mol. The van der Waals surface area contributed by atoms with E-state index in [1.54, 1.807) is 6.92 Å². The van der Waals surface area contributed by atoms with Gasteiger partial charge in [-0.3, -0.25) is 23.9 Å². The van der Waals surface area contributed by atoms with E-state index in [2.05, 4.69) is 18.6 Å². The van der Waals surface area contributed by atoms with Crippen molar-refractivity contribution in [2.45, 2.75) is 50.4 Å². The third kappa shape index (κ3) is 6.61. The Morgan fingerprint density at radius 1 is 1.09 bits per heavy atom. The first kappa shape index (κ1) is 28.0. The minimum absolute atomic E-state index is 0.147. The molecule has 198 valence electrons. The third-order valence-electron chi connectivity index (χ3n) is 4.64. The van der Waals surface area contributed by atoms with Crippen LogP contribution in [-0.2, 0) is 31.6 Å². The lowest BCUT2D eigenvalue weighted by molar-refractivity contribution is -0.0828. The second-order valence-corrected chi connectivity index (χ2v) is 11.6. The number of nitrogens with zero attached hydrogens (tertiary/aromatic N) is 2. The number of hydrogen-bond acceptors (Lipinski definition) is 12. The molecule has 3 rings (SSSR count). The lowest BCUT2D eigenvalue weighted by atomic mass is 10.0. The highest BCUT2D eigenvalue weighted by Crippen LogP contribution is 2.66. The Morgan fingerprint density at radius 3 is 2.34 bits per heavy atom. The van der Waals surface area contributed by atoms with E-state index in [-0.39, 0.29) is 24.0 Å². The van der Waals surface area contributed by atoms with Gasteiger partial charge in [-0.25, -0.2) is 23.5 Å². The third-order valence-corrected chi connectivity index (χ3v) is 8.51. The summed E-state index contributed by atoms with van der Waals surface area (Å²) in [5, 5.41) is 21.0. The lowest BCUT2D eigenvalue weighted by Gasteiger charge is -2.27. The van der Waals surface area contributed by atoms with Crippen LogP contribution in [-0.4, -0.2) is 73.7 Å². The van der Waals surface area contributed by atoms with Crippen LogP contribution in [0, 0.1) is 0 Å². The summed E-state index contributed by atoms with van der Waals surface area (Å²) in [6.45, 7) is 1.59. The molecule has 1 saturated heterocycles. The number of phosphoric ester groups is 1. The molecule has 22 heteroatoms. The molecule has 1 aliphatic rings. The average Bonchev–Trinajstić information content (AvgIpc) is 3.20. The first-order valence-electron chi connectivity index (χ1n) is 9.56. The van der Waals surface area contributed by atoms with Gasteiger partial charge in [0.2, 0.25) is 0 Å². The summed E-state index contributed by atoms with van der Waals surface area (Å²) in [6.07, 6.45) is -7.09. The van der Waals surface area contributed by atoms with Crippen LogP contribution in [0.1, 0.15) is 26.0 Å². The van der Waals surface area contributed by atoms with E-state index in [1.807, 2.05) is 4.98 Å². The number of ether oxygens (including phenoxy) is 1. The van der Waals surface area contributed by atoms with Crippen LogP contribution in [0.3, 0.4) is 0 Å². The molecule has 0 aliphatic carbocycles. The summed E-state index contributed by atoms with van der Waals surface area (Å²) in [7, 11) is -17.0. The van der Waals surface area contributed by atoms with Crippen molar-refractivity contribution in [1.29, 1.82) is 0 Å². The predicted molar refractivity (Wildman–Crippen MR) is 111 cm³/mol. The van der Waals surface area contributed by atoms with Gasteiger partial charge in [0.1, 0.15) is 24.0 Å². The number of aliphatic hydroxyl groups is 2. The fourth-order valence-corrected chi connectivity index (χ4v) is 6.63. The monoisotopic (exact) mass is 566 g/mol. The largest absolute Gasteiger partial charge is 0.490 e. The Bertz CT molecular complexity index is 1330.